The lowest BCUT2D eigenvalue weighted by molar-refractivity contribution is 0.469. The maximum absolute atomic E-state index is 9.78. The standard InChI is InChI=1S/C21H25NOS/c1-5-18-12-19(8-9-20(18)23)16(4)13-22-21(24)11-17-7-6-14(2)15(3)10-17/h6-10,12-13,23H,5,11H2,1-4H3,(H,22,24)/b16-13+. The number of aryl methyl sites for hydroxylation is 3. The number of nitrogens with one attached hydrogen (secondary N) is 1. The van der Waals surface area contributed by atoms with E-state index in [2.05, 4.69) is 37.4 Å². The minimum Gasteiger partial charge on any atom is -0.508 e. The number of rotatable bonds is 5. The van der Waals surface area contributed by atoms with Crippen LogP contribution in [0.15, 0.2) is 42.6 Å². The fourth-order valence-electron chi connectivity index (χ4n) is 2.54. The molecule has 0 aromatic heterocycles. The molecule has 0 aliphatic rings. The number of allylic oxidation sites excluding steroid dienone is 1. The number of benzene rings is 2. The van der Waals surface area contributed by atoms with Crippen molar-refractivity contribution in [2.45, 2.75) is 40.5 Å². The second-order valence-electron chi connectivity index (χ2n) is 6.19. The Morgan fingerprint density at radius 2 is 1.88 bits per heavy atom. The van der Waals surface area contributed by atoms with E-state index in [0.29, 0.717) is 5.75 Å². The molecule has 2 N–H and O–H groups in total. The highest BCUT2D eigenvalue weighted by atomic mass is 32.1. The summed E-state index contributed by atoms with van der Waals surface area (Å²) >= 11 is 5.45. The third-order valence-electron chi connectivity index (χ3n) is 4.30. The molecule has 24 heavy (non-hydrogen) atoms. The van der Waals surface area contributed by atoms with Crippen LogP contribution in [0.5, 0.6) is 5.75 Å². The lowest BCUT2D eigenvalue weighted by Gasteiger charge is -2.09. The Kier molecular flexibility index (Phi) is 6.16. The van der Waals surface area contributed by atoms with E-state index in [0.717, 1.165) is 34.5 Å². The molecule has 3 heteroatoms. The summed E-state index contributed by atoms with van der Waals surface area (Å²) in [5, 5.41) is 13.0. The molecule has 0 amide bonds. The Labute approximate surface area is 150 Å². The fourth-order valence-corrected chi connectivity index (χ4v) is 2.76. The number of thiocarbonyl (C=S) groups is 1. The Morgan fingerprint density at radius 1 is 1.12 bits per heavy atom. The van der Waals surface area contributed by atoms with Crippen molar-refractivity contribution >= 4 is 22.8 Å². The third-order valence-corrected chi connectivity index (χ3v) is 4.56. The highest BCUT2D eigenvalue weighted by Crippen LogP contribution is 2.23. The molecule has 0 saturated heterocycles. The van der Waals surface area contributed by atoms with E-state index in [1.807, 2.05) is 32.2 Å². The molecule has 0 atom stereocenters. The monoisotopic (exact) mass is 339 g/mol. The van der Waals surface area contributed by atoms with Crippen molar-refractivity contribution in [3.8, 4) is 5.75 Å². The van der Waals surface area contributed by atoms with E-state index in [-0.39, 0.29) is 0 Å². The van der Waals surface area contributed by atoms with Crippen LogP contribution in [0, 0.1) is 13.8 Å². The average Bonchev–Trinajstić information content (AvgIpc) is 2.56. The van der Waals surface area contributed by atoms with Gasteiger partial charge in [0.1, 0.15) is 5.75 Å². The van der Waals surface area contributed by atoms with Crippen LogP contribution in [-0.4, -0.2) is 10.1 Å². The molecule has 0 radical (unpaired) electrons. The minimum absolute atomic E-state index is 0.354. The van der Waals surface area contributed by atoms with Crippen molar-refractivity contribution in [2.24, 2.45) is 0 Å². The smallest absolute Gasteiger partial charge is 0.118 e. The molecule has 2 nitrogen and oxygen atoms in total. The molecule has 2 aromatic rings. The maximum Gasteiger partial charge on any atom is 0.118 e. The zero-order valence-corrected chi connectivity index (χ0v) is 15.6. The molecule has 2 aromatic carbocycles. The van der Waals surface area contributed by atoms with Crippen LogP contribution < -0.4 is 5.32 Å². The van der Waals surface area contributed by atoms with Crippen molar-refractivity contribution in [3.05, 3.63) is 70.4 Å². The molecule has 0 fully saturated rings. The van der Waals surface area contributed by atoms with Crippen molar-refractivity contribution in [2.75, 3.05) is 0 Å². The summed E-state index contributed by atoms with van der Waals surface area (Å²) in [5.74, 6) is 0.354. The highest BCUT2D eigenvalue weighted by molar-refractivity contribution is 7.80. The van der Waals surface area contributed by atoms with Gasteiger partial charge in [0, 0.05) is 12.6 Å². The van der Waals surface area contributed by atoms with Gasteiger partial charge in [0.2, 0.25) is 0 Å². The second kappa shape index (κ2) is 8.11. The summed E-state index contributed by atoms with van der Waals surface area (Å²) in [4.78, 5) is 0.798. The predicted molar refractivity (Wildman–Crippen MR) is 106 cm³/mol. The Hall–Kier alpha value is -2.13. The lowest BCUT2D eigenvalue weighted by atomic mass is 10.0. The molecule has 0 unspecified atom stereocenters. The van der Waals surface area contributed by atoms with Gasteiger partial charge in [0.05, 0.1) is 4.99 Å². The summed E-state index contributed by atoms with van der Waals surface area (Å²) in [5.41, 5.74) is 6.95. The van der Waals surface area contributed by atoms with Crippen molar-refractivity contribution in [1.29, 1.82) is 0 Å². The Bertz CT molecular complexity index is 777. The van der Waals surface area contributed by atoms with Crippen molar-refractivity contribution < 1.29 is 5.11 Å². The quantitative estimate of drug-likeness (QED) is 0.744. The van der Waals surface area contributed by atoms with Gasteiger partial charge in [-0.05, 0) is 72.7 Å². The van der Waals surface area contributed by atoms with E-state index >= 15 is 0 Å². The molecule has 0 bridgehead atoms. The predicted octanol–water partition coefficient (Wildman–Crippen LogP) is 5.09. The molecule has 0 saturated carbocycles. The molecule has 0 heterocycles. The summed E-state index contributed by atoms with van der Waals surface area (Å²) in [6.07, 6.45) is 3.48. The van der Waals surface area contributed by atoms with Gasteiger partial charge in [-0.15, -0.1) is 0 Å². The number of hydrogen-bond acceptors (Lipinski definition) is 2. The van der Waals surface area contributed by atoms with Crippen LogP contribution in [0.25, 0.3) is 5.57 Å². The van der Waals surface area contributed by atoms with Crippen LogP contribution in [0.4, 0.5) is 0 Å². The molecule has 0 spiro atoms. The first-order valence-electron chi connectivity index (χ1n) is 8.25. The zero-order valence-electron chi connectivity index (χ0n) is 14.8. The van der Waals surface area contributed by atoms with Crippen LogP contribution in [0.2, 0.25) is 0 Å². The SMILES string of the molecule is CCc1cc(/C(C)=C/NC(=S)Cc2ccc(C)c(C)c2)ccc1O. The first-order chi connectivity index (χ1) is 11.4. The number of hydrogen-bond donors (Lipinski definition) is 2. The van der Waals surface area contributed by atoms with Gasteiger partial charge in [-0.3, -0.25) is 0 Å². The first-order valence-corrected chi connectivity index (χ1v) is 8.66. The molecule has 0 aliphatic carbocycles. The molecular weight excluding hydrogens is 314 g/mol. The molecule has 126 valence electrons. The number of phenols is 1. The molecule has 0 aliphatic heterocycles. The Morgan fingerprint density at radius 3 is 2.54 bits per heavy atom. The van der Waals surface area contributed by atoms with Gasteiger partial charge in [-0.1, -0.05) is 43.4 Å². The average molecular weight is 340 g/mol. The van der Waals surface area contributed by atoms with Crippen LogP contribution in [-0.2, 0) is 12.8 Å². The van der Waals surface area contributed by atoms with Gasteiger partial charge < -0.3 is 10.4 Å². The van der Waals surface area contributed by atoms with E-state index in [9.17, 15) is 5.11 Å². The topological polar surface area (TPSA) is 32.3 Å². The largest absolute Gasteiger partial charge is 0.508 e. The fraction of sp³-hybridized carbons (Fsp3) is 0.286. The van der Waals surface area contributed by atoms with Crippen LogP contribution >= 0.6 is 12.2 Å². The molecular formula is C21H25NOS. The third kappa shape index (κ3) is 4.68. The maximum atomic E-state index is 9.78. The summed E-state index contributed by atoms with van der Waals surface area (Å²) < 4.78 is 0. The summed E-state index contributed by atoms with van der Waals surface area (Å²) in [6, 6.07) is 12.1. The van der Waals surface area contributed by atoms with E-state index in [1.165, 1.54) is 16.7 Å². The van der Waals surface area contributed by atoms with Gasteiger partial charge in [0.25, 0.3) is 0 Å². The Balaban J connectivity index is 2.03. The van der Waals surface area contributed by atoms with Crippen molar-refractivity contribution in [1.82, 2.24) is 5.32 Å². The minimum atomic E-state index is 0.354. The second-order valence-corrected chi connectivity index (χ2v) is 6.68. The van der Waals surface area contributed by atoms with Crippen LogP contribution in [0.3, 0.4) is 0 Å². The zero-order chi connectivity index (χ0) is 17.7. The summed E-state index contributed by atoms with van der Waals surface area (Å²) in [7, 11) is 0. The van der Waals surface area contributed by atoms with Gasteiger partial charge >= 0.3 is 0 Å². The number of phenolic OH excluding ortho intramolecular Hbond substituents is 1. The van der Waals surface area contributed by atoms with Gasteiger partial charge in [-0.2, -0.15) is 0 Å². The van der Waals surface area contributed by atoms with Crippen LogP contribution in [0.1, 0.15) is 41.7 Å². The van der Waals surface area contributed by atoms with Gasteiger partial charge in [-0.25, -0.2) is 0 Å². The van der Waals surface area contributed by atoms with E-state index in [4.69, 9.17) is 12.2 Å². The summed E-state index contributed by atoms with van der Waals surface area (Å²) in [6.45, 7) is 8.31. The highest BCUT2D eigenvalue weighted by Gasteiger charge is 2.04. The van der Waals surface area contributed by atoms with Crippen molar-refractivity contribution in [3.63, 3.8) is 0 Å². The molecule has 2 rings (SSSR count). The van der Waals surface area contributed by atoms with E-state index in [1.54, 1.807) is 6.07 Å². The number of aromatic hydroxyl groups is 1. The lowest BCUT2D eigenvalue weighted by Crippen LogP contribution is -2.17. The van der Waals surface area contributed by atoms with E-state index < -0.39 is 0 Å². The van der Waals surface area contributed by atoms with Gasteiger partial charge in [0.15, 0.2) is 0 Å². The normalized spacial score (nSPS) is 11.4. The first kappa shape index (κ1) is 18.2.